The van der Waals surface area contributed by atoms with E-state index in [4.69, 9.17) is 9.47 Å². The Morgan fingerprint density at radius 1 is 0.932 bits per heavy atom. The van der Waals surface area contributed by atoms with Crippen LogP contribution in [0.5, 0.6) is 0 Å². The number of ether oxygens (including phenoxy) is 2. The maximum Gasteiger partial charge on any atom is 0.408 e. The van der Waals surface area contributed by atoms with E-state index in [1.165, 1.54) is 6.07 Å². The lowest BCUT2D eigenvalue weighted by Gasteiger charge is -2.23. The van der Waals surface area contributed by atoms with Gasteiger partial charge in [-0.2, -0.15) is 0 Å². The van der Waals surface area contributed by atoms with Crippen molar-refractivity contribution in [2.24, 2.45) is 0 Å². The highest BCUT2D eigenvalue weighted by atomic mass is 32.2. The molecule has 4 rings (SSSR count). The molecule has 44 heavy (non-hydrogen) atoms. The van der Waals surface area contributed by atoms with Crippen molar-refractivity contribution in [2.45, 2.75) is 50.3 Å². The number of hydrogen-bond donors (Lipinski definition) is 1. The molecule has 0 saturated carbocycles. The van der Waals surface area contributed by atoms with E-state index < -0.39 is 50.2 Å². The van der Waals surface area contributed by atoms with Crippen LogP contribution >= 0.6 is 0 Å². The van der Waals surface area contributed by atoms with Crippen LogP contribution in [-0.4, -0.2) is 45.9 Å². The number of nitro benzene ring substituents is 2. The number of alkyl carbamates (subject to hydrolysis) is 1. The molecule has 0 aliphatic rings. The van der Waals surface area contributed by atoms with Gasteiger partial charge in [0.15, 0.2) is 0 Å². The minimum Gasteiger partial charge on any atom is -0.459 e. The van der Waals surface area contributed by atoms with E-state index in [2.05, 4.69) is 5.32 Å². The number of benzene rings is 3. The van der Waals surface area contributed by atoms with Crippen molar-refractivity contribution in [1.29, 1.82) is 0 Å². The van der Waals surface area contributed by atoms with E-state index in [0.717, 1.165) is 46.6 Å². The standard InChI is InChI=1S/C29H28N4O10S/c1-29(2,3)43-28(35)30-25(15-19-7-5-4-6-8-19)27(34)42-18-20-17-31(26-14-11-22(33(38)39)16-24(20)26)44(40,41)23-12-9-21(10-13-23)32(36)37/h4-14,16-17,25H,15,18H2,1-3H3,(H,30,35)/t25-/m0/s1. The second-order valence-electron chi connectivity index (χ2n) is 10.7. The summed E-state index contributed by atoms with van der Waals surface area (Å²) in [5, 5.41) is 25.1. The summed E-state index contributed by atoms with van der Waals surface area (Å²) in [6.45, 7) is 4.49. The minimum absolute atomic E-state index is 0.0488. The lowest BCUT2D eigenvalue weighted by atomic mass is 10.1. The number of nitro groups is 2. The first kappa shape index (κ1) is 31.6. The SMILES string of the molecule is CC(C)(C)OC(=O)N[C@@H](Cc1ccccc1)C(=O)OCc1cn(S(=O)(=O)c2ccc([N+](=O)[O-])cc2)c2ccc([N+](=O)[O-])cc12. The third-order valence-corrected chi connectivity index (χ3v) is 7.97. The summed E-state index contributed by atoms with van der Waals surface area (Å²) in [6, 6.07) is 15.4. The third-order valence-electron chi connectivity index (χ3n) is 6.28. The molecule has 14 nitrogen and oxygen atoms in total. The molecule has 0 unspecified atom stereocenters. The number of carbonyl (C=O) groups is 2. The first-order chi connectivity index (χ1) is 20.7. The van der Waals surface area contributed by atoms with Crippen molar-refractivity contribution in [3.05, 3.63) is 110 Å². The van der Waals surface area contributed by atoms with E-state index in [1.54, 1.807) is 51.1 Å². The van der Waals surface area contributed by atoms with Gasteiger partial charge >= 0.3 is 12.1 Å². The summed E-state index contributed by atoms with van der Waals surface area (Å²) in [4.78, 5) is 46.7. The molecule has 0 aliphatic carbocycles. The van der Waals surface area contributed by atoms with Gasteiger partial charge in [-0.05, 0) is 44.5 Å². The van der Waals surface area contributed by atoms with Gasteiger partial charge < -0.3 is 14.8 Å². The topological polar surface area (TPSA) is 190 Å². The highest BCUT2D eigenvalue weighted by molar-refractivity contribution is 7.90. The van der Waals surface area contributed by atoms with Crippen LogP contribution in [0.4, 0.5) is 16.2 Å². The average Bonchev–Trinajstić information content (AvgIpc) is 3.34. The van der Waals surface area contributed by atoms with Crippen molar-refractivity contribution in [1.82, 2.24) is 9.29 Å². The van der Waals surface area contributed by atoms with Gasteiger partial charge in [0.05, 0.1) is 20.3 Å². The molecule has 0 aliphatic heterocycles. The molecule has 0 radical (unpaired) electrons. The molecule has 1 heterocycles. The number of aromatic nitrogens is 1. The predicted octanol–water partition coefficient (Wildman–Crippen LogP) is 4.87. The third kappa shape index (κ3) is 7.36. The number of amides is 1. The van der Waals surface area contributed by atoms with Gasteiger partial charge in [0, 0.05) is 47.8 Å². The Morgan fingerprint density at radius 3 is 2.14 bits per heavy atom. The zero-order chi connectivity index (χ0) is 32.2. The van der Waals surface area contributed by atoms with Gasteiger partial charge in [-0.1, -0.05) is 30.3 Å². The summed E-state index contributed by atoms with van der Waals surface area (Å²) in [5.74, 6) is -0.857. The van der Waals surface area contributed by atoms with Crippen molar-refractivity contribution in [2.75, 3.05) is 0 Å². The highest BCUT2D eigenvalue weighted by Gasteiger charge is 2.28. The summed E-state index contributed by atoms with van der Waals surface area (Å²) in [5.41, 5.74) is -0.589. The van der Waals surface area contributed by atoms with Crippen molar-refractivity contribution in [3.8, 4) is 0 Å². The van der Waals surface area contributed by atoms with Crippen molar-refractivity contribution >= 4 is 44.4 Å². The highest BCUT2D eigenvalue weighted by Crippen LogP contribution is 2.30. The quantitative estimate of drug-likeness (QED) is 0.145. The van der Waals surface area contributed by atoms with Crippen LogP contribution in [0.15, 0.2) is 83.9 Å². The lowest BCUT2D eigenvalue weighted by molar-refractivity contribution is -0.385. The monoisotopic (exact) mass is 624 g/mol. The van der Waals surface area contributed by atoms with E-state index in [0.29, 0.717) is 5.56 Å². The first-order valence-corrected chi connectivity index (χ1v) is 14.6. The van der Waals surface area contributed by atoms with E-state index >= 15 is 0 Å². The van der Waals surface area contributed by atoms with E-state index in [-0.39, 0.29) is 39.2 Å². The number of non-ortho nitro benzene ring substituents is 2. The molecule has 3 aromatic carbocycles. The second kappa shape index (κ2) is 12.5. The number of nitrogens with one attached hydrogen (secondary N) is 1. The van der Waals surface area contributed by atoms with E-state index in [1.807, 2.05) is 0 Å². The number of esters is 1. The van der Waals surface area contributed by atoms with Gasteiger partial charge in [-0.3, -0.25) is 20.2 Å². The van der Waals surface area contributed by atoms with Gasteiger partial charge in [-0.15, -0.1) is 0 Å². The maximum atomic E-state index is 13.5. The van der Waals surface area contributed by atoms with Crippen LogP contribution < -0.4 is 5.32 Å². The van der Waals surface area contributed by atoms with Crippen LogP contribution in [0.3, 0.4) is 0 Å². The average molecular weight is 625 g/mol. The molecule has 1 atom stereocenters. The fourth-order valence-corrected chi connectivity index (χ4v) is 5.67. The Kier molecular flexibility index (Phi) is 8.99. The van der Waals surface area contributed by atoms with Crippen LogP contribution in [-0.2, 0) is 37.3 Å². The number of hydrogen-bond acceptors (Lipinski definition) is 10. The zero-order valence-electron chi connectivity index (χ0n) is 23.8. The number of nitrogens with zero attached hydrogens (tertiary/aromatic N) is 3. The van der Waals surface area contributed by atoms with Crippen LogP contribution in [0.1, 0.15) is 31.9 Å². The Morgan fingerprint density at radius 2 is 1.55 bits per heavy atom. The molecule has 4 aromatic rings. The van der Waals surface area contributed by atoms with E-state index in [9.17, 15) is 38.2 Å². The Bertz CT molecular complexity index is 1830. The predicted molar refractivity (Wildman–Crippen MR) is 157 cm³/mol. The molecule has 0 saturated heterocycles. The summed E-state index contributed by atoms with van der Waals surface area (Å²) >= 11 is 0. The minimum atomic E-state index is -4.34. The fourth-order valence-electron chi connectivity index (χ4n) is 4.28. The summed E-state index contributed by atoms with van der Waals surface area (Å²) < 4.78 is 38.7. The molecule has 0 spiro atoms. The largest absolute Gasteiger partial charge is 0.459 e. The molecule has 0 fully saturated rings. The van der Waals surface area contributed by atoms with Crippen molar-refractivity contribution in [3.63, 3.8) is 0 Å². The lowest BCUT2D eigenvalue weighted by Crippen LogP contribution is -2.45. The fraction of sp³-hybridized carbons (Fsp3) is 0.241. The number of carbonyl (C=O) groups excluding carboxylic acids is 2. The smallest absolute Gasteiger partial charge is 0.408 e. The van der Waals surface area contributed by atoms with Gasteiger partial charge in [0.1, 0.15) is 18.2 Å². The molecule has 1 N–H and O–H groups in total. The normalized spacial score (nSPS) is 12.3. The molecule has 1 aromatic heterocycles. The first-order valence-electron chi connectivity index (χ1n) is 13.1. The van der Waals surface area contributed by atoms with Crippen LogP contribution in [0.25, 0.3) is 10.9 Å². The maximum absolute atomic E-state index is 13.5. The second-order valence-corrected chi connectivity index (χ2v) is 12.5. The molecule has 15 heteroatoms. The van der Waals surface area contributed by atoms with Gasteiger partial charge in [-0.25, -0.2) is 22.0 Å². The zero-order valence-corrected chi connectivity index (χ0v) is 24.6. The van der Waals surface area contributed by atoms with Gasteiger partial charge in [0.2, 0.25) is 0 Å². The molecular weight excluding hydrogens is 596 g/mol. The number of fused-ring (bicyclic) bond motifs is 1. The molecule has 1 amide bonds. The Balaban J connectivity index is 1.67. The Labute approximate surface area is 251 Å². The van der Waals surface area contributed by atoms with Crippen LogP contribution in [0, 0.1) is 20.2 Å². The number of rotatable bonds is 10. The Hall–Kier alpha value is -5.31. The molecule has 230 valence electrons. The summed E-state index contributed by atoms with van der Waals surface area (Å²) in [7, 11) is -4.34. The van der Waals surface area contributed by atoms with Gasteiger partial charge in [0.25, 0.3) is 21.4 Å². The summed E-state index contributed by atoms with van der Waals surface area (Å²) in [6.07, 6.45) is 0.365. The van der Waals surface area contributed by atoms with Crippen molar-refractivity contribution < 1.29 is 37.3 Å². The molecule has 0 bridgehead atoms. The van der Waals surface area contributed by atoms with Crippen LogP contribution in [0.2, 0.25) is 0 Å². The molecular formula is C29H28N4O10S.